The normalized spacial score (nSPS) is 20.6. The minimum atomic E-state index is 0.134. The van der Waals surface area contributed by atoms with Crippen LogP contribution in [0.2, 0.25) is 5.02 Å². The maximum absolute atomic E-state index is 6.30. The third-order valence-electron chi connectivity index (χ3n) is 3.03. The van der Waals surface area contributed by atoms with Crippen LogP contribution in [-0.4, -0.2) is 24.7 Å². The molecule has 2 heterocycles. The number of nitrogens with zero attached hydrogens (tertiary/aromatic N) is 1. The maximum atomic E-state index is 6.30. The van der Waals surface area contributed by atoms with Gasteiger partial charge in [-0.2, -0.15) is 0 Å². The number of fused-ring (bicyclic) bond motifs is 1. The number of morpholine rings is 1. The molecule has 88 valence electrons. The highest BCUT2D eigenvalue weighted by Gasteiger charge is 2.20. The van der Waals surface area contributed by atoms with Crippen LogP contribution in [0.25, 0.3) is 10.9 Å². The van der Waals surface area contributed by atoms with Crippen molar-refractivity contribution in [2.75, 3.05) is 19.8 Å². The fourth-order valence-corrected chi connectivity index (χ4v) is 2.51. The third kappa shape index (κ3) is 2.02. The van der Waals surface area contributed by atoms with Gasteiger partial charge in [-0.3, -0.25) is 4.98 Å². The lowest BCUT2D eigenvalue weighted by Gasteiger charge is -2.25. The van der Waals surface area contributed by atoms with Crippen LogP contribution in [0.1, 0.15) is 11.6 Å². The number of hydrogen-bond acceptors (Lipinski definition) is 3. The summed E-state index contributed by atoms with van der Waals surface area (Å²) < 4.78 is 5.49. The molecular formula is C13H13ClN2O. The van der Waals surface area contributed by atoms with E-state index < -0.39 is 0 Å². The summed E-state index contributed by atoms with van der Waals surface area (Å²) in [7, 11) is 0. The van der Waals surface area contributed by atoms with E-state index in [1.54, 1.807) is 6.20 Å². The van der Waals surface area contributed by atoms with Crippen LogP contribution in [-0.2, 0) is 4.74 Å². The van der Waals surface area contributed by atoms with E-state index in [0.29, 0.717) is 6.61 Å². The fraction of sp³-hybridized carbons (Fsp3) is 0.308. The molecule has 1 aromatic carbocycles. The average Bonchev–Trinajstić information content (AvgIpc) is 2.39. The first kappa shape index (κ1) is 11.0. The first-order chi connectivity index (χ1) is 8.36. The second kappa shape index (κ2) is 4.61. The zero-order valence-electron chi connectivity index (χ0n) is 9.32. The third-order valence-corrected chi connectivity index (χ3v) is 3.36. The number of pyridine rings is 1. The Bertz CT molecular complexity index is 538. The summed E-state index contributed by atoms with van der Waals surface area (Å²) in [5, 5.41) is 5.28. The van der Waals surface area contributed by atoms with Gasteiger partial charge in [-0.1, -0.05) is 23.7 Å². The molecule has 1 aliphatic rings. The van der Waals surface area contributed by atoms with Crippen LogP contribution in [0.4, 0.5) is 0 Å². The molecule has 1 aliphatic heterocycles. The lowest BCUT2D eigenvalue weighted by atomic mass is 10.0. The van der Waals surface area contributed by atoms with E-state index in [1.165, 1.54) is 0 Å². The molecule has 0 aliphatic carbocycles. The van der Waals surface area contributed by atoms with E-state index in [-0.39, 0.29) is 6.04 Å². The quantitative estimate of drug-likeness (QED) is 0.842. The molecule has 17 heavy (non-hydrogen) atoms. The van der Waals surface area contributed by atoms with Crippen LogP contribution in [0.5, 0.6) is 0 Å². The topological polar surface area (TPSA) is 34.1 Å². The lowest BCUT2D eigenvalue weighted by Crippen LogP contribution is -2.34. The summed E-state index contributed by atoms with van der Waals surface area (Å²) in [5.41, 5.74) is 2.01. The van der Waals surface area contributed by atoms with Crippen LogP contribution >= 0.6 is 11.6 Å². The van der Waals surface area contributed by atoms with Gasteiger partial charge in [0.1, 0.15) is 0 Å². The molecule has 1 unspecified atom stereocenters. The molecule has 0 saturated carbocycles. The molecule has 1 fully saturated rings. The predicted molar refractivity (Wildman–Crippen MR) is 68.3 cm³/mol. The van der Waals surface area contributed by atoms with Crippen molar-refractivity contribution < 1.29 is 4.74 Å². The number of rotatable bonds is 1. The standard InChI is InChI=1S/C13H13ClN2O/c14-10-4-3-9-2-1-5-16-13(9)12(10)11-8-17-7-6-15-11/h1-5,11,15H,6-8H2. The van der Waals surface area contributed by atoms with E-state index in [0.717, 1.165) is 34.6 Å². The van der Waals surface area contributed by atoms with Gasteiger partial charge in [0.15, 0.2) is 0 Å². The van der Waals surface area contributed by atoms with Crippen LogP contribution in [0.15, 0.2) is 30.5 Å². The Kier molecular flexibility index (Phi) is 2.97. The highest BCUT2D eigenvalue weighted by Crippen LogP contribution is 2.30. The second-order valence-electron chi connectivity index (χ2n) is 4.12. The fourth-order valence-electron chi connectivity index (χ4n) is 2.23. The maximum Gasteiger partial charge on any atom is 0.0765 e. The molecule has 3 rings (SSSR count). The van der Waals surface area contributed by atoms with Crippen molar-refractivity contribution in [3.05, 3.63) is 41.0 Å². The summed E-state index contributed by atoms with van der Waals surface area (Å²) in [5.74, 6) is 0. The molecule has 0 radical (unpaired) electrons. The van der Waals surface area contributed by atoms with Crippen molar-refractivity contribution in [2.45, 2.75) is 6.04 Å². The molecule has 4 heteroatoms. The summed E-state index contributed by atoms with van der Waals surface area (Å²) in [6.45, 7) is 2.26. The van der Waals surface area contributed by atoms with Crippen molar-refractivity contribution in [3.8, 4) is 0 Å². The minimum absolute atomic E-state index is 0.134. The van der Waals surface area contributed by atoms with Gasteiger partial charge < -0.3 is 10.1 Å². The van der Waals surface area contributed by atoms with Gasteiger partial charge in [0, 0.05) is 28.7 Å². The Morgan fingerprint density at radius 3 is 3.12 bits per heavy atom. The molecule has 2 aromatic rings. The highest BCUT2D eigenvalue weighted by molar-refractivity contribution is 6.32. The molecule has 0 spiro atoms. The number of hydrogen-bond donors (Lipinski definition) is 1. The first-order valence-corrected chi connectivity index (χ1v) is 6.08. The van der Waals surface area contributed by atoms with Crippen LogP contribution in [0.3, 0.4) is 0 Å². The van der Waals surface area contributed by atoms with E-state index in [9.17, 15) is 0 Å². The lowest BCUT2D eigenvalue weighted by molar-refractivity contribution is 0.0773. The molecule has 1 aromatic heterocycles. The molecule has 1 atom stereocenters. The van der Waals surface area contributed by atoms with Gasteiger partial charge in [0.05, 0.1) is 24.8 Å². The summed E-state index contributed by atoms with van der Waals surface area (Å²) in [4.78, 5) is 4.44. The van der Waals surface area contributed by atoms with E-state index in [2.05, 4.69) is 10.3 Å². The van der Waals surface area contributed by atoms with E-state index >= 15 is 0 Å². The number of ether oxygens (including phenoxy) is 1. The highest BCUT2D eigenvalue weighted by atomic mass is 35.5. The molecular weight excluding hydrogens is 236 g/mol. The second-order valence-corrected chi connectivity index (χ2v) is 4.53. The van der Waals surface area contributed by atoms with Crippen molar-refractivity contribution >= 4 is 22.5 Å². The zero-order chi connectivity index (χ0) is 11.7. The Hall–Kier alpha value is -1.16. The predicted octanol–water partition coefficient (Wildman–Crippen LogP) is 2.55. The Labute approximate surface area is 105 Å². The molecule has 1 saturated heterocycles. The minimum Gasteiger partial charge on any atom is -0.378 e. The summed E-state index contributed by atoms with van der Waals surface area (Å²) in [6.07, 6.45) is 1.80. The molecule has 0 bridgehead atoms. The molecule has 1 N–H and O–H groups in total. The van der Waals surface area contributed by atoms with Crippen molar-refractivity contribution in [3.63, 3.8) is 0 Å². The van der Waals surface area contributed by atoms with Gasteiger partial charge >= 0.3 is 0 Å². The average molecular weight is 249 g/mol. The van der Waals surface area contributed by atoms with Gasteiger partial charge in [-0.25, -0.2) is 0 Å². The van der Waals surface area contributed by atoms with Gasteiger partial charge in [0.2, 0.25) is 0 Å². The van der Waals surface area contributed by atoms with Gasteiger partial charge in [0.25, 0.3) is 0 Å². The van der Waals surface area contributed by atoms with Gasteiger partial charge in [-0.15, -0.1) is 0 Å². The number of nitrogens with one attached hydrogen (secondary N) is 1. The smallest absolute Gasteiger partial charge is 0.0765 e. The Morgan fingerprint density at radius 1 is 1.35 bits per heavy atom. The number of aromatic nitrogens is 1. The van der Waals surface area contributed by atoms with E-state index in [4.69, 9.17) is 16.3 Å². The largest absolute Gasteiger partial charge is 0.378 e. The Balaban J connectivity index is 2.15. The SMILES string of the molecule is Clc1ccc2cccnc2c1C1COCCN1. The monoisotopic (exact) mass is 248 g/mol. The first-order valence-electron chi connectivity index (χ1n) is 5.70. The zero-order valence-corrected chi connectivity index (χ0v) is 10.1. The van der Waals surface area contributed by atoms with Crippen molar-refractivity contribution in [1.82, 2.24) is 10.3 Å². The summed E-state index contributed by atoms with van der Waals surface area (Å²) in [6, 6.07) is 8.04. The van der Waals surface area contributed by atoms with Crippen molar-refractivity contribution in [2.24, 2.45) is 0 Å². The van der Waals surface area contributed by atoms with Crippen molar-refractivity contribution in [1.29, 1.82) is 0 Å². The molecule has 3 nitrogen and oxygen atoms in total. The van der Waals surface area contributed by atoms with E-state index in [1.807, 2.05) is 24.3 Å². The Morgan fingerprint density at radius 2 is 2.29 bits per heavy atom. The van der Waals surface area contributed by atoms with Gasteiger partial charge in [-0.05, 0) is 12.1 Å². The number of benzene rings is 1. The van der Waals surface area contributed by atoms with Crippen LogP contribution in [0, 0.1) is 0 Å². The molecule has 0 amide bonds. The summed E-state index contributed by atoms with van der Waals surface area (Å²) >= 11 is 6.30. The number of halogens is 1. The van der Waals surface area contributed by atoms with Crippen LogP contribution < -0.4 is 5.32 Å².